The number of benzene rings is 3. The highest BCUT2D eigenvalue weighted by Crippen LogP contribution is 2.36. The van der Waals surface area contributed by atoms with Crippen LogP contribution in [0.3, 0.4) is 0 Å². The number of amides is 2. The van der Waals surface area contributed by atoms with E-state index < -0.39 is 23.4 Å². The summed E-state index contributed by atoms with van der Waals surface area (Å²) in [7, 11) is 1.48. The molecule has 0 spiro atoms. The third-order valence-electron chi connectivity index (χ3n) is 5.07. The van der Waals surface area contributed by atoms with Gasteiger partial charge in [-0.3, -0.25) is 9.59 Å². The van der Waals surface area contributed by atoms with E-state index in [0.29, 0.717) is 29.4 Å². The number of methoxy groups -OCH3 is 1. The number of imide groups is 1. The van der Waals surface area contributed by atoms with Crippen molar-refractivity contribution in [2.45, 2.75) is 6.92 Å². The minimum Gasteiger partial charge on any atom is -0.495 e. The average Bonchev–Trinajstić information content (AvgIpc) is 3.06. The number of hydrogen-bond donors (Lipinski definition) is 1. The highest BCUT2D eigenvalue weighted by atomic mass is 19.2. The van der Waals surface area contributed by atoms with Crippen LogP contribution in [0.25, 0.3) is 5.57 Å². The average molecular weight is 450 g/mol. The third kappa shape index (κ3) is 4.15. The van der Waals surface area contributed by atoms with Gasteiger partial charge in [0.15, 0.2) is 11.6 Å². The monoisotopic (exact) mass is 450 g/mol. The maximum absolute atomic E-state index is 13.9. The minimum absolute atomic E-state index is 0.0154. The van der Waals surface area contributed by atoms with Crippen LogP contribution in [0.15, 0.2) is 72.4 Å². The topological polar surface area (TPSA) is 67.9 Å². The highest BCUT2D eigenvalue weighted by Gasteiger charge is 2.40. The molecule has 1 heterocycles. The minimum atomic E-state index is -1.16. The Labute approximate surface area is 189 Å². The predicted octanol–water partition coefficient (Wildman–Crippen LogP) is 4.77. The molecule has 2 amide bonds. The molecule has 0 bridgehead atoms. The van der Waals surface area contributed by atoms with Crippen molar-refractivity contribution in [2.75, 3.05) is 23.9 Å². The highest BCUT2D eigenvalue weighted by molar-refractivity contribution is 6.46. The van der Waals surface area contributed by atoms with Gasteiger partial charge in [-0.15, -0.1) is 0 Å². The molecule has 0 aliphatic carbocycles. The fourth-order valence-corrected chi connectivity index (χ4v) is 3.54. The number of hydrogen-bond acceptors (Lipinski definition) is 5. The zero-order valence-corrected chi connectivity index (χ0v) is 17.9. The Hall–Kier alpha value is -4.20. The van der Waals surface area contributed by atoms with Crippen molar-refractivity contribution in [1.82, 2.24) is 0 Å². The Morgan fingerprint density at radius 3 is 2.30 bits per heavy atom. The van der Waals surface area contributed by atoms with Gasteiger partial charge >= 0.3 is 0 Å². The Morgan fingerprint density at radius 2 is 1.64 bits per heavy atom. The Bertz CT molecular complexity index is 1260. The molecular weight excluding hydrogens is 430 g/mol. The molecule has 0 saturated heterocycles. The van der Waals surface area contributed by atoms with Gasteiger partial charge in [-0.2, -0.15) is 0 Å². The van der Waals surface area contributed by atoms with E-state index >= 15 is 0 Å². The SMILES string of the molecule is CCOc1ccc(C2=C(Nc3ccccc3OC)C(=O)N(c3ccc(F)c(F)c3)C2=O)cc1. The number of nitrogens with zero attached hydrogens (tertiary/aromatic N) is 1. The molecule has 33 heavy (non-hydrogen) atoms. The first-order chi connectivity index (χ1) is 15.9. The Balaban J connectivity index is 1.82. The van der Waals surface area contributed by atoms with Crippen molar-refractivity contribution in [3.05, 3.63) is 89.6 Å². The summed E-state index contributed by atoms with van der Waals surface area (Å²) in [6.45, 7) is 2.33. The first-order valence-corrected chi connectivity index (χ1v) is 10.2. The Kier molecular flexibility index (Phi) is 6.08. The molecule has 3 aromatic carbocycles. The number of para-hydroxylation sites is 2. The molecule has 0 unspecified atom stereocenters. The maximum Gasteiger partial charge on any atom is 0.282 e. The van der Waals surface area contributed by atoms with Gasteiger partial charge in [0.1, 0.15) is 17.2 Å². The quantitative estimate of drug-likeness (QED) is 0.526. The summed E-state index contributed by atoms with van der Waals surface area (Å²) >= 11 is 0. The molecule has 1 aliphatic rings. The lowest BCUT2D eigenvalue weighted by Crippen LogP contribution is -2.32. The van der Waals surface area contributed by atoms with E-state index in [1.165, 1.54) is 13.2 Å². The first-order valence-electron chi connectivity index (χ1n) is 10.2. The van der Waals surface area contributed by atoms with Crippen molar-refractivity contribution < 1.29 is 27.8 Å². The number of anilines is 2. The van der Waals surface area contributed by atoms with Crippen molar-refractivity contribution in [1.29, 1.82) is 0 Å². The summed E-state index contributed by atoms with van der Waals surface area (Å²) in [5, 5.41) is 3.00. The van der Waals surface area contributed by atoms with Crippen LogP contribution in [0.2, 0.25) is 0 Å². The van der Waals surface area contributed by atoms with E-state index in [9.17, 15) is 18.4 Å². The van der Waals surface area contributed by atoms with Crippen LogP contribution in [0.4, 0.5) is 20.2 Å². The third-order valence-corrected chi connectivity index (χ3v) is 5.07. The summed E-state index contributed by atoms with van der Waals surface area (Å²) < 4.78 is 38.1. The lowest BCUT2D eigenvalue weighted by molar-refractivity contribution is -0.120. The van der Waals surface area contributed by atoms with Gasteiger partial charge in [0, 0.05) is 6.07 Å². The molecule has 0 atom stereocenters. The van der Waals surface area contributed by atoms with E-state index in [0.717, 1.165) is 17.0 Å². The van der Waals surface area contributed by atoms with Gasteiger partial charge in [0.2, 0.25) is 0 Å². The van der Waals surface area contributed by atoms with Gasteiger partial charge in [0.25, 0.3) is 11.8 Å². The van der Waals surface area contributed by atoms with E-state index in [-0.39, 0.29) is 17.0 Å². The number of halogens is 2. The molecule has 0 radical (unpaired) electrons. The number of ether oxygens (including phenoxy) is 2. The van der Waals surface area contributed by atoms with Gasteiger partial charge in [0.05, 0.1) is 30.7 Å². The van der Waals surface area contributed by atoms with Crippen LogP contribution in [0.5, 0.6) is 11.5 Å². The second kappa shape index (κ2) is 9.12. The number of carbonyl (C=O) groups excluding carboxylic acids is 2. The van der Waals surface area contributed by atoms with Gasteiger partial charge in [-0.1, -0.05) is 24.3 Å². The zero-order chi connectivity index (χ0) is 23.5. The van der Waals surface area contributed by atoms with E-state index in [1.807, 2.05) is 6.92 Å². The lowest BCUT2D eigenvalue weighted by atomic mass is 10.0. The van der Waals surface area contributed by atoms with Crippen LogP contribution in [-0.4, -0.2) is 25.5 Å². The summed E-state index contributed by atoms with van der Waals surface area (Å²) in [5.41, 5.74) is 0.909. The van der Waals surface area contributed by atoms with E-state index in [4.69, 9.17) is 9.47 Å². The first kappa shape index (κ1) is 22.0. The second-order valence-electron chi connectivity index (χ2n) is 7.08. The predicted molar refractivity (Wildman–Crippen MR) is 120 cm³/mol. The molecule has 0 saturated carbocycles. The molecule has 1 N–H and O–H groups in total. The zero-order valence-electron chi connectivity index (χ0n) is 17.9. The van der Waals surface area contributed by atoms with Crippen LogP contribution in [0.1, 0.15) is 12.5 Å². The molecule has 4 rings (SSSR count). The molecule has 8 heteroatoms. The largest absolute Gasteiger partial charge is 0.495 e. The standard InChI is InChI=1S/C25H20F2N2O4/c1-3-33-17-11-8-15(9-12-17)22-23(28-20-6-4-5-7-21(20)32-2)25(31)29(24(22)30)16-10-13-18(26)19(27)14-16/h4-14,28H,3H2,1-2H3. The molecule has 3 aromatic rings. The summed E-state index contributed by atoms with van der Waals surface area (Å²) in [6, 6.07) is 16.4. The molecular formula is C25H20F2N2O4. The van der Waals surface area contributed by atoms with Gasteiger partial charge < -0.3 is 14.8 Å². The van der Waals surface area contributed by atoms with Crippen molar-refractivity contribution in [3.63, 3.8) is 0 Å². The fraction of sp³-hybridized carbons (Fsp3) is 0.120. The van der Waals surface area contributed by atoms with Crippen molar-refractivity contribution in [2.24, 2.45) is 0 Å². The number of rotatable bonds is 7. The van der Waals surface area contributed by atoms with Crippen molar-refractivity contribution in [3.8, 4) is 11.5 Å². The lowest BCUT2D eigenvalue weighted by Gasteiger charge is -2.16. The Morgan fingerprint density at radius 1 is 0.909 bits per heavy atom. The number of carbonyl (C=O) groups is 2. The maximum atomic E-state index is 13.9. The van der Waals surface area contributed by atoms with Gasteiger partial charge in [-0.05, 0) is 48.9 Å². The van der Waals surface area contributed by atoms with Crippen LogP contribution in [0, 0.1) is 11.6 Å². The fourth-order valence-electron chi connectivity index (χ4n) is 3.54. The summed E-state index contributed by atoms with van der Waals surface area (Å²) in [5.74, 6) is -2.56. The van der Waals surface area contributed by atoms with Crippen molar-refractivity contribution >= 4 is 28.8 Å². The summed E-state index contributed by atoms with van der Waals surface area (Å²) in [6.07, 6.45) is 0. The van der Waals surface area contributed by atoms with Crippen LogP contribution in [-0.2, 0) is 9.59 Å². The second-order valence-corrected chi connectivity index (χ2v) is 7.08. The molecule has 1 aliphatic heterocycles. The molecule has 6 nitrogen and oxygen atoms in total. The van der Waals surface area contributed by atoms with E-state index in [2.05, 4.69) is 5.32 Å². The van der Waals surface area contributed by atoms with Crippen LogP contribution >= 0.6 is 0 Å². The van der Waals surface area contributed by atoms with Gasteiger partial charge in [-0.25, -0.2) is 13.7 Å². The number of nitrogens with one attached hydrogen (secondary N) is 1. The molecule has 168 valence electrons. The normalized spacial score (nSPS) is 13.5. The molecule has 0 fully saturated rings. The van der Waals surface area contributed by atoms with E-state index in [1.54, 1.807) is 48.5 Å². The molecule has 0 aromatic heterocycles. The smallest absolute Gasteiger partial charge is 0.282 e. The summed E-state index contributed by atoms with van der Waals surface area (Å²) in [4.78, 5) is 27.6. The van der Waals surface area contributed by atoms with Crippen LogP contribution < -0.4 is 19.7 Å².